The van der Waals surface area contributed by atoms with Gasteiger partial charge in [-0.2, -0.15) is 0 Å². The lowest BCUT2D eigenvalue weighted by molar-refractivity contribution is -0.136. The molecule has 0 heterocycles. The summed E-state index contributed by atoms with van der Waals surface area (Å²) in [6.45, 7) is 8.93. The van der Waals surface area contributed by atoms with Crippen LogP contribution in [-0.2, 0) is 16.0 Å². The van der Waals surface area contributed by atoms with E-state index in [1.165, 1.54) is 0 Å². The van der Waals surface area contributed by atoms with Gasteiger partial charge in [-0.15, -0.1) is 0 Å². The first kappa shape index (κ1) is 17.5. The van der Waals surface area contributed by atoms with Crippen molar-refractivity contribution in [1.29, 1.82) is 0 Å². The van der Waals surface area contributed by atoms with Crippen LogP contribution in [0.2, 0.25) is 0 Å². The van der Waals surface area contributed by atoms with E-state index in [0.717, 1.165) is 44.2 Å². The van der Waals surface area contributed by atoms with Crippen LogP contribution in [0.3, 0.4) is 0 Å². The molecule has 5 nitrogen and oxygen atoms in total. The van der Waals surface area contributed by atoms with E-state index in [1.54, 1.807) is 12.1 Å². The standard InChI is InChI=1S/C16H25NO4/c1-3-17(9-11-20-4-2)10-12-21-15-7-5-14(6-8-15)13-16(18)19/h5-8H,3-4,9-13H2,1-2H3,(H,18,19). The number of aliphatic carboxylic acids is 1. The Labute approximate surface area is 126 Å². The summed E-state index contributed by atoms with van der Waals surface area (Å²) >= 11 is 0. The summed E-state index contributed by atoms with van der Waals surface area (Å²) in [7, 11) is 0. The number of hydrogen-bond donors (Lipinski definition) is 1. The molecule has 1 N–H and O–H groups in total. The van der Waals surface area contributed by atoms with Gasteiger partial charge >= 0.3 is 5.97 Å². The molecule has 118 valence electrons. The molecule has 0 aromatic heterocycles. The number of nitrogens with zero attached hydrogens (tertiary/aromatic N) is 1. The van der Waals surface area contributed by atoms with Crippen LogP contribution < -0.4 is 4.74 Å². The maximum absolute atomic E-state index is 10.6. The maximum atomic E-state index is 10.6. The Kier molecular flexibility index (Phi) is 8.47. The van der Waals surface area contributed by atoms with Crippen molar-refractivity contribution in [3.05, 3.63) is 29.8 Å². The Bertz CT molecular complexity index is 405. The highest BCUT2D eigenvalue weighted by atomic mass is 16.5. The second kappa shape index (κ2) is 10.2. The summed E-state index contributed by atoms with van der Waals surface area (Å²) in [5.41, 5.74) is 0.779. The van der Waals surface area contributed by atoms with Crippen LogP contribution in [0.5, 0.6) is 5.75 Å². The van der Waals surface area contributed by atoms with Crippen LogP contribution in [0.15, 0.2) is 24.3 Å². The zero-order valence-corrected chi connectivity index (χ0v) is 12.9. The fourth-order valence-electron chi connectivity index (χ4n) is 1.94. The van der Waals surface area contributed by atoms with Crippen molar-refractivity contribution in [1.82, 2.24) is 4.90 Å². The highest BCUT2D eigenvalue weighted by Gasteiger charge is 2.03. The summed E-state index contributed by atoms with van der Waals surface area (Å²) in [5.74, 6) is -0.0541. The molecule has 0 fully saturated rings. The largest absolute Gasteiger partial charge is 0.492 e. The molecule has 0 saturated heterocycles. The van der Waals surface area contributed by atoms with E-state index in [2.05, 4.69) is 11.8 Å². The van der Waals surface area contributed by atoms with Gasteiger partial charge in [-0.25, -0.2) is 0 Å². The van der Waals surface area contributed by atoms with Gasteiger partial charge in [0.1, 0.15) is 12.4 Å². The average Bonchev–Trinajstić information content (AvgIpc) is 2.47. The lowest BCUT2D eigenvalue weighted by Gasteiger charge is -2.20. The summed E-state index contributed by atoms with van der Waals surface area (Å²) in [5, 5.41) is 8.71. The molecule has 0 aliphatic heterocycles. The van der Waals surface area contributed by atoms with Gasteiger partial charge in [-0.3, -0.25) is 9.69 Å². The molecule has 0 saturated carbocycles. The molecule has 0 aliphatic carbocycles. The molecule has 0 aliphatic rings. The third kappa shape index (κ3) is 7.68. The van der Waals surface area contributed by atoms with Crippen molar-refractivity contribution >= 4 is 5.97 Å². The summed E-state index contributed by atoms with van der Waals surface area (Å²) in [6, 6.07) is 7.20. The molecular formula is C16H25NO4. The Morgan fingerprint density at radius 2 is 1.81 bits per heavy atom. The van der Waals surface area contributed by atoms with Gasteiger partial charge < -0.3 is 14.6 Å². The Hall–Kier alpha value is -1.59. The zero-order valence-electron chi connectivity index (χ0n) is 12.9. The molecule has 1 rings (SSSR count). The minimum atomic E-state index is -0.823. The molecule has 0 unspecified atom stereocenters. The van der Waals surface area contributed by atoms with Crippen LogP contribution in [0, 0.1) is 0 Å². The Balaban J connectivity index is 2.29. The first-order valence-corrected chi connectivity index (χ1v) is 7.39. The third-order valence-electron chi connectivity index (χ3n) is 3.16. The number of ether oxygens (including phenoxy) is 2. The highest BCUT2D eigenvalue weighted by molar-refractivity contribution is 5.70. The number of likely N-dealkylation sites (N-methyl/N-ethyl adjacent to an activating group) is 1. The molecule has 5 heteroatoms. The number of carbonyl (C=O) groups is 1. The van der Waals surface area contributed by atoms with Crippen molar-refractivity contribution in [3.63, 3.8) is 0 Å². The van der Waals surface area contributed by atoms with Gasteiger partial charge in [-0.1, -0.05) is 19.1 Å². The first-order valence-electron chi connectivity index (χ1n) is 7.39. The van der Waals surface area contributed by atoms with Crippen LogP contribution in [0.4, 0.5) is 0 Å². The summed E-state index contributed by atoms with van der Waals surface area (Å²) in [6.07, 6.45) is 0.0430. The molecule has 0 radical (unpaired) electrons. The van der Waals surface area contributed by atoms with Crippen LogP contribution in [0.25, 0.3) is 0 Å². The SMILES string of the molecule is CCOCCN(CC)CCOc1ccc(CC(=O)O)cc1. The molecule has 0 spiro atoms. The number of carboxylic acids is 1. The van der Waals surface area contributed by atoms with Crippen LogP contribution in [-0.4, -0.2) is 55.4 Å². The van der Waals surface area contributed by atoms with Crippen LogP contribution in [0.1, 0.15) is 19.4 Å². The predicted octanol–water partition coefficient (Wildman–Crippen LogP) is 2.05. The van der Waals surface area contributed by atoms with Gasteiger partial charge in [0.05, 0.1) is 13.0 Å². The maximum Gasteiger partial charge on any atom is 0.307 e. The van der Waals surface area contributed by atoms with E-state index in [-0.39, 0.29) is 6.42 Å². The fourth-order valence-corrected chi connectivity index (χ4v) is 1.94. The van der Waals surface area contributed by atoms with E-state index in [0.29, 0.717) is 6.61 Å². The zero-order chi connectivity index (χ0) is 15.5. The Morgan fingerprint density at radius 1 is 1.14 bits per heavy atom. The lowest BCUT2D eigenvalue weighted by atomic mass is 10.1. The number of rotatable bonds is 11. The first-order chi connectivity index (χ1) is 10.2. The van der Waals surface area contributed by atoms with E-state index < -0.39 is 5.97 Å². The van der Waals surface area contributed by atoms with Crippen molar-refractivity contribution in [2.24, 2.45) is 0 Å². The fraction of sp³-hybridized carbons (Fsp3) is 0.562. The van der Waals surface area contributed by atoms with E-state index in [9.17, 15) is 4.79 Å². The topological polar surface area (TPSA) is 59.0 Å². The highest BCUT2D eigenvalue weighted by Crippen LogP contribution is 2.12. The normalized spacial score (nSPS) is 10.8. The van der Waals surface area contributed by atoms with Gasteiger partial charge in [0.25, 0.3) is 0 Å². The predicted molar refractivity (Wildman–Crippen MR) is 81.9 cm³/mol. The second-order valence-corrected chi connectivity index (χ2v) is 4.69. The van der Waals surface area contributed by atoms with E-state index >= 15 is 0 Å². The molecule has 1 aromatic carbocycles. The number of hydrogen-bond acceptors (Lipinski definition) is 4. The minimum Gasteiger partial charge on any atom is -0.492 e. The van der Waals surface area contributed by atoms with E-state index in [4.69, 9.17) is 14.6 Å². The van der Waals surface area contributed by atoms with Crippen molar-refractivity contribution < 1.29 is 19.4 Å². The molecule has 0 amide bonds. The summed E-state index contributed by atoms with van der Waals surface area (Å²) in [4.78, 5) is 12.9. The van der Waals surface area contributed by atoms with Crippen LogP contribution >= 0.6 is 0 Å². The van der Waals surface area contributed by atoms with Gasteiger partial charge in [0, 0.05) is 19.7 Å². The molecule has 0 atom stereocenters. The van der Waals surface area contributed by atoms with Gasteiger partial charge in [0.2, 0.25) is 0 Å². The lowest BCUT2D eigenvalue weighted by Crippen LogP contribution is -2.31. The number of carboxylic acid groups (broad SMARTS) is 1. The van der Waals surface area contributed by atoms with E-state index in [1.807, 2.05) is 19.1 Å². The molecule has 21 heavy (non-hydrogen) atoms. The second-order valence-electron chi connectivity index (χ2n) is 4.69. The van der Waals surface area contributed by atoms with Crippen molar-refractivity contribution in [2.45, 2.75) is 20.3 Å². The molecule has 1 aromatic rings. The van der Waals surface area contributed by atoms with Crippen molar-refractivity contribution in [2.75, 3.05) is 39.5 Å². The summed E-state index contributed by atoms with van der Waals surface area (Å²) < 4.78 is 11.0. The Morgan fingerprint density at radius 3 is 2.38 bits per heavy atom. The van der Waals surface area contributed by atoms with Gasteiger partial charge in [0.15, 0.2) is 0 Å². The van der Waals surface area contributed by atoms with Crippen molar-refractivity contribution in [3.8, 4) is 5.75 Å². The molecule has 0 bridgehead atoms. The minimum absolute atomic E-state index is 0.0430. The molecular weight excluding hydrogens is 270 g/mol. The average molecular weight is 295 g/mol. The van der Waals surface area contributed by atoms with Gasteiger partial charge in [-0.05, 0) is 31.2 Å². The smallest absolute Gasteiger partial charge is 0.307 e. The third-order valence-corrected chi connectivity index (χ3v) is 3.16. The number of benzene rings is 1. The monoisotopic (exact) mass is 295 g/mol. The quantitative estimate of drug-likeness (QED) is 0.633.